The second-order valence-corrected chi connectivity index (χ2v) is 9.49. The number of para-hydroxylation sites is 1. The zero-order valence-corrected chi connectivity index (χ0v) is 22.9. The van der Waals surface area contributed by atoms with Crippen LogP contribution in [0.25, 0.3) is 11.3 Å². The van der Waals surface area contributed by atoms with E-state index in [1.165, 1.54) is 6.21 Å². The van der Waals surface area contributed by atoms with Gasteiger partial charge in [0.25, 0.3) is 11.8 Å². The van der Waals surface area contributed by atoms with Gasteiger partial charge in [-0.25, -0.2) is 10.2 Å². The van der Waals surface area contributed by atoms with Gasteiger partial charge in [0.1, 0.15) is 23.3 Å². The van der Waals surface area contributed by atoms with Crippen LogP contribution in [0.3, 0.4) is 0 Å². The first-order valence-electron chi connectivity index (χ1n) is 12.9. The van der Waals surface area contributed by atoms with Crippen LogP contribution < -0.4 is 15.5 Å². The van der Waals surface area contributed by atoms with Gasteiger partial charge in [0.15, 0.2) is 6.61 Å². The number of rotatable bonds is 12. The fourth-order valence-corrected chi connectivity index (χ4v) is 3.90. The van der Waals surface area contributed by atoms with Crippen LogP contribution in [0.2, 0.25) is 0 Å². The molecule has 0 saturated carbocycles. The molecule has 0 radical (unpaired) electrons. The Morgan fingerprint density at radius 2 is 1.69 bits per heavy atom. The van der Waals surface area contributed by atoms with Crippen LogP contribution in [0, 0.1) is 19.8 Å². The molecule has 9 heteroatoms. The number of benzene rings is 2. The number of carbonyl (C=O) groups is 3. The zero-order valence-electron chi connectivity index (χ0n) is 22.9. The van der Waals surface area contributed by atoms with Crippen molar-refractivity contribution in [2.45, 2.75) is 47.1 Å². The summed E-state index contributed by atoms with van der Waals surface area (Å²) in [6.07, 6.45) is 1.82. The lowest BCUT2D eigenvalue weighted by molar-refractivity contribution is -0.130. The monoisotopic (exact) mass is 533 g/mol. The number of aryl methyl sites for hydroxylation is 2. The third-order valence-corrected chi connectivity index (χ3v) is 5.79. The minimum absolute atomic E-state index is 0.160. The summed E-state index contributed by atoms with van der Waals surface area (Å²) in [7, 11) is 0. The molecule has 1 atom stereocenters. The van der Waals surface area contributed by atoms with Crippen molar-refractivity contribution >= 4 is 24.0 Å². The smallest absolute Gasteiger partial charge is 0.338 e. The van der Waals surface area contributed by atoms with E-state index in [2.05, 4.69) is 15.8 Å². The van der Waals surface area contributed by atoms with Gasteiger partial charge in [0, 0.05) is 5.56 Å². The third-order valence-electron chi connectivity index (χ3n) is 5.79. The molecule has 0 fully saturated rings. The number of nitrogens with zero attached hydrogens (tertiary/aromatic N) is 1. The van der Waals surface area contributed by atoms with Gasteiger partial charge >= 0.3 is 5.97 Å². The molecule has 1 aromatic heterocycles. The Morgan fingerprint density at radius 1 is 1.00 bits per heavy atom. The lowest BCUT2D eigenvalue weighted by Gasteiger charge is -2.19. The van der Waals surface area contributed by atoms with Gasteiger partial charge in [-0.15, -0.1) is 0 Å². The van der Waals surface area contributed by atoms with Crippen LogP contribution in [-0.4, -0.2) is 43.3 Å². The number of hydrogen-bond donors (Lipinski definition) is 2. The maximum absolute atomic E-state index is 12.8. The molecule has 0 unspecified atom stereocenters. The number of nitrogens with one attached hydrogen (secondary N) is 2. The Morgan fingerprint density at radius 3 is 2.33 bits per heavy atom. The molecule has 2 amide bonds. The molecule has 0 spiro atoms. The van der Waals surface area contributed by atoms with E-state index in [1.807, 2.05) is 45.9 Å². The average molecular weight is 534 g/mol. The molecule has 0 saturated heterocycles. The number of esters is 1. The molecule has 1 heterocycles. The number of amides is 2. The fraction of sp³-hybridized carbons (Fsp3) is 0.333. The predicted octanol–water partition coefficient (Wildman–Crippen LogP) is 4.80. The van der Waals surface area contributed by atoms with E-state index in [0.29, 0.717) is 35.9 Å². The molecule has 3 aromatic rings. The number of hydrazone groups is 1. The SMILES string of the molecule is CCOC(=O)c1ccc(-c2ccc(/C=N\NC(=O)[C@@H](CC(C)C)NC(=O)COc3c(C)cccc3C)o2)cc1. The number of carbonyl (C=O) groups excluding carboxylic acids is 3. The second kappa shape index (κ2) is 13.9. The molecular weight excluding hydrogens is 498 g/mol. The van der Waals surface area contributed by atoms with Crippen molar-refractivity contribution in [1.82, 2.24) is 10.7 Å². The standard InChI is InChI=1S/C30H35N3O6/c1-6-37-30(36)23-12-10-22(11-13-23)26-15-14-24(39-26)17-31-33-29(35)25(16-19(2)3)32-27(34)18-38-28-20(4)8-7-9-21(28)5/h7-15,17,19,25H,6,16,18H2,1-5H3,(H,32,34)(H,33,35)/b31-17-/t25-/m1/s1. The Bertz CT molecular complexity index is 1290. The molecule has 206 valence electrons. The van der Waals surface area contributed by atoms with Crippen molar-refractivity contribution in [2.24, 2.45) is 11.0 Å². The van der Waals surface area contributed by atoms with Crippen molar-refractivity contribution < 1.29 is 28.3 Å². The van der Waals surface area contributed by atoms with Crippen LogP contribution in [0.4, 0.5) is 0 Å². The molecule has 2 aromatic carbocycles. The first kappa shape index (κ1) is 29.2. The summed E-state index contributed by atoms with van der Waals surface area (Å²) in [6.45, 7) is 9.62. The molecule has 0 aliphatic rings. The molecule has 0 aliphatic carbocycles. The highest BCUT2D eigenvalue weighted by Crippen LogP contribution is 2.23. The summed E-state index contributed by atoms with van der Waals surface area (Å²) in [6, 6.07) is 15.3. The van der Waals surface area contributed by atoms with Gasteiger partial charge in [-0.3, -0.25) is 9.59 Å². The maximum atomic E-state index is 12.8. The molecule has 9 nitrogen and oxygen atoms in total. The third kappa shape index (κ3) is 8.56. The van der Waals surface area contributed by atoms with Gasteiger partial charge < -0.3 is 19.2 Å². The topological polar surface area (TPSA) is 119 Å². The Balaban J connectivity index is 1.56. The highest BCUT2D eigenvalue weighted by atomic mass is 16.5. The van der Waals surface area contributed by atoms with Gasteiger partial charge in [-0.2, -0.15) is 5.10 Å². The van der Waals surface area contributed by atoms with Gasteiger partial charge in [0.2, 0.25) is 0 Å². The van der Waals surface area contributed by atoms with E-state index < -0.39 is 17.9 Å². The van der Waals surface area contributed by atoms with Crippen molar-refractivity contribution in [3.8, 4) is 17.1 Å². The lowest BCUT2D eigenvalue weighted by Crippen LogP contribution is -2.47. The number of ether oxygens (including phenoxy) is 2. The largest absolute Gasteiger partial charge is 0.483 e. The van der Waals surface area contributed by atoms with Crippen molar-refractivity contribution in [3.63, 3.8) is 0 Å². The molecule has 3 rings (SSSR count). The predicted molar refractivity (Wildman–Crippen MR) is 149 cm³/mol. The first-order valence-corrected chi connectivity index (χ1v) is 12.9. The van der Waals surface area contributed by atoms with Gasteiger partial charge in [-0.05, 0) is 68.5 Å². The van der Waals surface area contributed by atoms with Crippen LogP contribution in [0.15, 0.2) is 64.1 Å². The van der Waals surface area contributed by atoms with E-state index in [0.717, 1.165) is 16.7 Å². The summed E-state index contributed by atoms with van der Waals surface area (Å²) < 4.78 is 16.5. The normalized spacial score (nSPS) is 11.8. The Kier molecular flexibility index (Phi) is 10.4. The minimum Gasteiger partial charge on any atom is -0.483 e. The van der Waals surface area contributed by atoms with Crippen molar-refractivity contribution in [2.75, 3.05) is 13.2 Å². The fourth-order valence-electron chi connectivity index (χ4n) is 3.90. The summed E-state index contributed by atoms with van der Waals surface area (Å²) in [5, 5.41) is 6.74. The summed E-state index contributed by atoms with van der Waals surface area (Å²) in [5.74, 6) is 0.599. The minimum atomic E-state index is -0.777. The molecule has 0 bridgehead atoms. The molecule has 39 heavy (non-hydrogen) atoms. The van der Waals surface area contributed by atoms with Crippen molar-refractivity contribution in [1.29, 1.82) is 0 Å². The van der Waals surface area contributed by atoms with Crippen LogP contribution >= 0.6 is 0 Å². The summed E-state index contributed by atoms with van der Waals surface area (Å²) in [4.78, 5) is 37.2. The molecular formula is C30H35N3O6. The zero-order chi connectivity index (χ0) is 28.4. The summed E-state index contributed by atoms with van der Waals surface area (Å²) >= 11 is 0. The average Bonchev–Trinajstić information content (AvgIpc) is 3.37. The lowest BCUT2D eigenvalue weighted by atomic mass is 10.0. The Hall–Kier alpha value is -4.40. The highest BCUT2D eigenvalue weighted by molar-refractivity contribution is 5.90. The van der Waals surface area contributed by atoms with E-state index in [4.69, 9.17) is 13.9 Å². The molecule has 0 aliphatic heterocycles. The van der Waals surface area contributed by atoms with Crippen LogP contribution in [0.5, 0.6) is 5.75 Å². The van der Waals surface area contributed by atoms with Gasteiger partial charge in [-0.1, -0.05) is 44.2 Å². The van der Waals surface area contributed by atoms with Crippen molar-refractivity contribution in [3.05, 3.63) is 77.0 Å². The highest BCUT2D eigenvalue weighted by Gasteiger charge is 2.22. The first-order chi connectivity index (χ1) is 18.7. The van der Waals surface area contributed by atoms with Crippen LogP contribution in [0.1, 0.15) is 54.4 Å². The summed E-state index contributed by atoms with van der Waals surface area (Å²) in [5.41, 5.74) is 5.57. The van der Waals surface area contributed by atoms with E-state index >= 15 is 0 Å². The molecule has 2 N–H and O–H groups in total. The Labute approximate surface area is 228 Å². The maximum Gasteiger partial charge on any atom is 0.338 e. The van der Waals surface area contributed by atoms with E-state index in [1.54, 1.807) is 43.3 Å². The quantitative estimate of drug-likeness (QED) is 0.196. The number of furan rings is 1. The number of hydrogen-bond acceptors (Lipinski definition) is 7. The van der Waals surface area contributed by atoms with Crippen LogP contribution in [-0.2, 0) is 14.3 Å². The second-order valence-electron chi connectivity index (χ2n) is 9.49. The van der Waals surface area contributed by atoms with E-state index in [-0.39, 0.29) is 18.5 Å². The van der Waals surface area contributed by atoms with Gasteiger partial charge in [0.05, 0.1) is 18.4 Å². The van der Waals surface area contributed by atoms with E-state index in [9.17, 15) is 14.4 Å².